The van der Waals surface area contributed by atoms with Crippen molar-refractivity contribution in [3.63, 3.8) is 0 Å². The van der Waals surface area contributed by atoms with E-state index in [1.165, 1.54) is 11.1 Å². The van der Waals surface area contributed by atoms with Crippen molar-refractivity contribution in [2.75, 3.05) is 0 Å². The molecule has 0 aliphatic rings. The number of nitrogens with zero attached hydrogens (tertiary/aromatic N) is 1. The van der Waals surface area contributed by atoms with Gasteiger partial charge >= 0.3 is 0 Å². The first kappa shape index (κ1) is 17.9. The Hall–Kier alpha value is -2.94. The van der Waals surface area contributed by atoms with Crippen molar-refractivity contribution in [3.05, 3.63) is 89.2 Å². The summed E-state index contributed by atoms with van der Waals surface area (Å²) in [5.74, 6) is 0.397. The zero-order chi connectivity index (χ0) is 18.5. The Bertz CT molecular complexity index is 881. The van der Waals surface area contributed by atoms with Crippen LogP contribution in [0.15, 0.2) is 67.0 Å². The molecule has 3 heteroatoms. The molecular weight excluding hydrogens is 320 g/mol. The lowest BCUT2D eigenvalue weighted by Crippen LogP contribution is -2.23. The predicted molar refractivity (Wildman–Crippen MR) is 106 cm³/mol. The number of aromatic nitrogens is 1. The maximum Gasteiger partial charge on any atom is 0.253 e. The first-order chi connectivity index (χ1) is 12.5. The Labute approximate surface area is 155 Å². The minimum Gasteiger partial charge on any atom is -0.348 e. The number of hydrogen-bond donors (Lipinski definition) is 1. The number of pyridine rings is 1. The highest BCUT2D eigenvalue weighted by molar-refractivity contribution is 5.95. The fourth-order valence-corrected chi connectivity index (χ4v) is 2.77. The van der Waals surface area contributed by atoms with Gasteiger partial charge in [0.05, 0.1) is 5.56 Å². The molecule has 0 bridgehead atoms. The fraction of sp³-hybridized carbons (Fsp3) is 0.217. The molecule has 0 aliphatic carbocycles. The molecule has 1 aromatic heterocycles. The number of amides is 1. The van der Waals surface area contributed by atoms with Crippen molar-refractivity contribution < 1.29 is 4.79 Å². The lowest BCUT2D eigenvalue weighted by molar-refractivity contribution is 0.0950. The van der Waals surface area contributed by atoms with Gasteiger partial charge in [0.15, 0.2) is 0 Å². The molecular formula is C23H24N2O. The largest absolute Gasteiger partial charge is 0.348 e. The highest BCUT2D eigenvalue weighted by Gasteiger charge is 2.08. The molecule has 1 N–H and O–H groups in total. The molecule has 1 heterocycles. The lowest BCUT2D eigenvalue weighted by atomic mass is 10.0. The third kappa shape index (κ3) is 4.37. The maximum absolute atomic E-state index is 12.5. The Morgan fingerprint density at radius 3 is 2.31 bits per heavy atom. The van der Waals surface area contributed by atoms with Crippen LogP contribution in [0.3, 0.4) is 0 Å². The smallest absolute Gasteiger partial charge is 0.253 e. The van der Waals surface area contributed by atoms with Gasteiger partial charge in [-0.05, 0) is 35.6 Å². The predicted octanol–water partition coefficient (Wildman–Crippen LogP) is 5.11. The third-order valence-corrected chi connectivity index (χ3v) is 4.48. The van der Waals surface area contributed by atoms with Gasteiger partial charge in [0.1, 0.15) is 0 Å². The SMILES string of the molecule is Cc1ccc(-c2cncc(C(=O)NCc3ccc(C(C)C)cc3)c2)cc1. The number of benzene rings is 2. The van der Waals surface area contributed by atoms with Gasteiger partial charge in [0.2, 0.25) is 0 Å². The van der Waals surface area contributed by atoms with Crippen LogP contribution in [0.4, 0.5) is 0 Å². The van der Waals surface area contributed by atoms with Crippen LogP contribution in [0.25, 0.3) is 11.1 Å². The number of aryl methyl sites for hydroxylation is 1. The number of carbonyl (C=O) groups excluding carboxylic acids is 1. The van der Waals surface area contributed by atoms with E-state index in [0.717, 1.165) is 16.7 Å². The van der Waals surface area contributed by atoms with Crippen molar-refractivity contribution in [2.45, 2.75) is 33.2 Å². The normalized spacial score (nSPS) is 10.8. The van der Waals surface area contributed by atoms with Gasteiger partial charge in [0, 0.05) is 24.5 Å². The van der Waals surface area contributed by atoms with Crippen LogP contribution in [0.2, 0.25) is 0 Å². The van der Waals surface area contributed by atoms with Crippen LogP contribution in [0.1, 0.15) is 46.8 Å². The van der Waals surface area contributed by atoms with E-state index in [2.05, 4.69) is 67.5 Å². The highest BCUT2D eigenvalue weighted by atomic mass is 16.1. The minimum atomic E-state index is -0.112. The molecule has 3 aromatic rings. The molecule has 26 heavy (non-hydrogen) atoms. The molecule has 0 fully saturated rings. The zero-order valence-electron chi connectivity index (χ0n) is 15.5. The van der Waals surface area contributed by atoms with Crippen LogP contribution in [-0.2, 0) is 6.54 Å². The van der Waals surface area contributed by atoms with E-state index in [4.69, 9.17) is 0 Å². The van der Waals surface area contributed by atoms with Crippen molar-refractivity contribution >= 4 is 5.91 Å². The van der Waals surface area contributed by atoms with Crippen LogP contribution >= 0.6 is 0 Å². The summed E-state index contributed by atoms with van der Waals surface area (Å²) in [5.41, 5.74) is 6.17. The van der Waals surface area contributed by atoms with E-state index in [9.17, 15) is 4.79 Å². The quantitative estimate of drug-likeness (QED) is 0.699. The second kappa shape index (κ2) is 7.96. The summed E-state index contributed by atoms with van der Waals surface area (Å²) in [6.45, 7) is 6.90. The highest BCUT2D eigenvalue weighted by Crippen LogP contribution is 2.20. The van der Waals surface area contributed by atoms with Gasteiger partial charge < -0.3 is 5.32 Å². The summed E-state index contributed by atoms with van der Waals surface area (Å²) in [7, 11) is 0. The van der Waals surface area contributed by atoms with Crippen molar-refractivity contribution in [1.82, 2.24) is 10.3 Å². The maximum atomic E-state index is 12.5. The zero-order valence-corrected chi connectivity index (χ0v) is 15.5. The second-order valence-corrected chi connectivity index (χ2v) is 6.91. The molecule has 0 aliphatic heterocycles. The molecule has 0 atom stereocenters. The minimum absolute atomic E-state index is 0.112. The van der Waals surface area contributed by atoms with Crippen LogP contribution in [0.5, 0.6) is 0 Å². The molecule has 3 rings (SSSR count). The van der Waals surface area contributed by atoms with Gasteiger partial charge in [-0.25, -0.2) is 0 Å². The van der Waals surface area contributed by atoms with Crippen LogP contribution < -0.4 is 5.32 Å². The van der Waals surface area contributed by atoms with E-state index < -0.39 is 0 Å². The van der Waals surface area contributed by atoms with E-state index in [0.29, 0.717) is 18.0 Å². The fourth-order valence-electron chi connectivity index (χ4n) is 2.77. The van der Waals surface area contributed by atoms with Crippen molar-refractivity contribution in [1.29, 1.82) is 0 Å². The number of nitrogens with one attached hydrogen (secondary N) is 1. The summed E-state index contributed by atoms with van der Waals surface area (Å²) in [4.78, 5) is 16.7. The molecule has 0 unspecified atom stereocenters. The molecule has 0 saturated carbocycles. The first-order valence-corrected chi connectivity index (χ1v) is 8.92. The van der Waals surface area contributed by atoms with E-state index in [1.54, 1.807) is 12.4 Å². The van der Waals surface area contributed by atoms with Gasteiger partial charge in [0.25, 0.3) is 5.91 Å². The van der Waals surface area contributed by atoms with Gasteiger partial charge in [-0.3, -0.25) is 9.78 Å². The summed E-state index contributed by atoms with van der Waals surface area (Å²) >= 11 is 0. The molecule has 2 aromatic carbocycles. The van der Waals surface area contributed by atoms with Gasteiger partial charge in [-0.15, -0.1) is 0 Å². The van der Waals surface area contributed by atoms with Gasteiger partial charge in [-0.2, -0.15) is 0 Å². The van der Waals surface area contributed by atoms with Crippen molar-refractivity contribution in [2.24, 2.45) is 0 Å². The molecule has 0 saturated heterocycles. The summed E-state index contributed by atoms with van der Waals surface area (Å²) in [6.07, 6.45) is 3.39. The molecule has 3 nitrogen and oxygen atoms in total. The Balaban J connectivity index is 1.68. The molecule has 132 valence electrons. The number of carbonyl (C=O) groups is 1. The number of hydrogen-bond acceptors (Lipinski definition) is 2. The lowest BCUT2D eigenvalue weighted by Gasteiger charge is -2.09. The Kier molecular flexibility index (Phi) is 5.47. The Morgan fingerprint density at radius 1 is 0.962 bits per heavy atom. The first-order valence-electron chi connectivity index (χ1n) is 8.92. The van der Waals surface area contributed by atoms with Gasteiger partial charge in [-0.1, -0.05) is 67.9 Å². The molecule has 1 amide bonds. The van der Waals surface area contributed by atoms with Crippen molar-refractivity contribution in [3.8, 4) is 11.1 Å². The average Bonchev–Trinajstić information content (AvgIpc) is 2.67. The number of rotatable bonds is 5. The van der Waals surface area contributed by atoms with Crippen LogP contribution in [0, 0.1) is 6.92 Å². The monoisotopic (exact) mass is 344 g/mol. The molecule has 0 spiro atoms. The van der Waals surface area contributed by atoms with Crippen LogP contribution in [-0.4, -0.2) is 10.9 Å². The average molecular weight is 344 g/mol. The molecule has 0 radical (unpaired) electrons. The summed E-state index contributed by atoms with van der Waals surface area (Å²) in [5, 5.41) is 2.97. The second-order valence-electron chi connectivity index (χ2n) is 6.91. The topological polar surface area (TPSA) is 42.0 Å². The van der Waals surface area contributed by atoms with E-state index in [-0.39, 0.29) is 5.91 Å². The summed E-state index contributed by atoms with van der Waals surface area (Å²) < 4.78 is 0. The Morgan fingerprint density at radius 2 is 1.65 bits per heavy atom. The van der Waals surface area contributed by atoms with E-state index >= 15 is 0 Å². The summed E-state index contributed by atoms with van der Waals surface area (Å²) in [6, 6.07) is 18.5. The standard InChI is InChI=1S/C23H24N2O/c1-16(2)19-10-6-18(7-11-19)13-25-23(26)22-12-21(14-24-15-22)20-8-4-17(3)5-9-20/h4-12,14-16H,13H2,1-3H3,(H,25,26). The van der Waals surface area contributed by atoms with E-state index in [1.807, 2.05) is 18.2 Å². The third-order valence-electron chi connectivity index (χ3n) is 4.48.